The zero-order valence-electron chi connectivity index (χ0n) is 14.2. The van der Waals surface area contributed by atoms with Crippen molar-refractivity contribution in [2.24, 2.45) is 7.05 Å². The number of aromatic amines is 1. The van der Waals surface area contributed by atoms with Crippen LogP contribution in [0.15, 0.2) is 59.4 Å². The molecule has 136 valence electrons. The van der Waals surface area contributed by atoms with Crippen LogP contribution in [0, 0.1) is 0 Å². The highest BCUT2D eigenvalue weighted by Crippen LogP contribution is 2.27. The SMILES string of the molecule is Cn1c(-c2ccccc2)c(O)n(NC(=O)c2cc3cc(Cl)ccc3[nH]2)c1=O. The molecule has 0 atom stereocenters. The van der Waals surface area contributed by atoms with Crippen molar-refractivity contribution in [3.8, 4) is 17.1 Å². The number of nitrogens with zero attached hydrogens (tertiary/aromatic N) is 2. The quantitative estimate of drug-likeness (QED) is 0.508. The molecule has 0 saturated heterocycles. The Bertz CT molecular complexity index is 1220. The summed E-state index contributed by atoms with van der Waals surface area (Å²) < 4.78 is 2.10. The molecule has 4 rings (SSSR count). The van der Waals surface area contributed by atoms with Gasteiger partial charge >= 0.3 is 5.69 Å². The molecule has 7 nitrogen and oxygen atoms in total. The summed E-state index contributed by atoms with van der Waals surface area (Å²) in [5.74, 6) is -0.911. The van der Waals surface area contributed by atoms with Crippen LogP contribution in [0.2, 0.25) is 5.02 Å². The van der Waals surface area contributed by atoms with Crippen LogP contribution in [-0.2, 0) is 7.05 Å². The summed E-state index contributed by atoms with van der Waals surface area (Å²) in [7, 11) is 1.53. The molecule has 4 aromatic rings. The van der Waals surface area contributed by atoms with Crippen LogP contribution in [-0.4, -0.2) is 25.2 Å². The van der Waals surface area contributed by atoms with E-state index in [9.17, 15) is 14.7 Å². The summed E-state index contributed by atoms with van der Waals surface area (Å²) in [6, 6.07) is 15.8. The van der Waals surface area contributed by atoms with E-state index >= 15 is 0 Å². The number of H-pyrrole nitrogens is 1. The fourth-order valence-electron chi connectivity index (χ4n) is 3.00. The molecule has 0 aliphatic heterocycles. The summed E-state index contributed by atoms with van der Waals surface area (Å²) in [6.45, 7) is 0. The number of benzene rings is 2. The average molecular weight is 383 g/mol. The molecule has 0 aliphatic carbocycles. The Morgan fingerprint density at radius 2 is 1.89 bits per heavy atom. The number of carbonyl (C=O) groups excluding carboxylic acids is 1. The number of nitrogens with one attached hydrogen (secondary N) is 2. The van der Waals surface area contributed by atoms with E-state index in [2.05, 4.69) is 10.4 Å². The van der Waals surface area contributed by atoms with Gasteiger partial charge in [-0.1, -0.05) is 41.9 Å². The van der Waals surface area contributed by atoms with Crippen molar-refractivity contribution < 1.29 is 9.90 Å². The smallest absolute Gasteiger partial charge is 0.350 e. The predicted molar refractivity (Wildman–Crippen MR) is 104 cm³/mol. The zero-order chi connectivity index (χ0) is 19.1. The summed E-state index contributed by atoms with van der Waals surface area (Å²) in [5.41, 5.74) is 3.80. The van der Waals surface area contributed by atoms with Crippen molar-refractivity contribution in [3.63, 3.8) is 0 Å². The van der Waals surface area contributed by atoms with Gasteiger partial charge in [-0.15, -0.1) is 0 Å². The van der Waals surface area contributed by atoms with E-state index < -0.39 is 11.6 Å². The Hall–Kier alpha value is -3.45. The first-order chi connectivity index (χ1) is 13.0. The Balaban J connectivity index is 1.72. The molecular formula is C19H15ClN4O3. The van der Waals surface area contributed by atoms with Crippen molar-refractivity contribution in [2.45, 2.75) is 0 Å². The molecule has 0 radical (unpaired) electrons. The van der Waals surface area contributed by atoms with Crippen molar-refractivity contribution in [3.05, 3.63) is 75.8 Å². The molecule has 0 aliphatic rings. The fourth-order valence-corrected chi connectivity index (χ4v) is 3.18. The summed E-state index contributed by atoms with van der Waals surface area (Å²) in [5, 5.41) is 11.8. The number of fused-ring (bicyclic) bond motifs is 1. The monoisotopic (exact) mass is 382 g/mol. The third-order valence-corrected chi connectivity index (χ3v) is 4.56. The third-order valence-electron chi connectivity index (χ3n) is 4.33. The van der Waals surface area contributed by atoms with Gasteiger partial charge < -0.3 is 10.1 Å². The number of rotatable bonds is 3. The van der Waals surface area contributed by atoms with E-state index in [1.54, 1.807) is 48.5 Å². The van der Waals surface area contributed by atoms with Gasteiger partial charge in [0.25, 0.3) is 5.91 Å². The van der Waals surface area contributed by atoms with Crippen LogP contribution < -0.4 is 11.1 Å². The second-order valence-corrected chi connectivity index (χ2v) is 6.51. The van der Waals surface area contributed by atoms with Crippen LogP contribution in [0.4, 0.5) is 0 Å². The molecule has 2 heterocycles. The van der Waals surface area contributed by atoms with Crippen molar-refractivity contribution in [2.75, 3.05) is 5.43 Å². The molecular weight excluding hydrogens is 368 g/mol. The average Bonchev–Trinajstić information content (AvgIpc) is 3.17. The molecule has 2 aromatic carbocycles. The van der Waals surface area contributed by atoms with Gasteiger partial charge in [0.05, 0.1) is 0 Å². The number of hydrogen-bond acceptors (Lipinski definition) is 3. The number of aromatic hydroxyl groups is 1. The largest absolute Gasteiger partial charge is 0.492 e. The molecule has 0 bridgehead atoms. The van der Waals surface area contributed by atoms with E-state index in [-0.39, 0.29) is 11.6 Å². The fraction of sp³-hybridized carbons (Fsp3) is 0.0526. The Labute approximate surface area is 158 Å². The number of carbonyl (C=O) groups is 1. The molecule has 0 fully saturated rings. The number of aromatic nitrogens is 3. The lowest BCUT2D eigenvalue weighted by Gasteiger charge is -2.05. The minimum absolute atomic E-state index is 0.240. The molecule has 0 unspecified atom stereocenters. The molecule has 0 saturated carbocycles. The van der Waals surface area contributed by atoms with Gasteiger partial charge in [0.2, 0.25) is 5.88 Å². The number of imidazole rings is 1. The molecule has 2 aromatic heterocycles. The molecule has 27 heavy (non-hydrogen) atoms. The molecule has 1 amide bonds. The van der Waals surface area contributed by atoms with Crippen LogP contribution in [0.5, 0.6) is 5.88 Å². The van der Waals surface area contributed by atoms with E-state index in [4.69, 9.17) is 11.6 Å². The second kappa shape index (κ2) is 6.37. The number of amides is 1. The molecule has 3 N–H and O–H groups in total. The lowest BCUT2D eigenvalue weighted by Crippen LogP contribution is -2.33. The maximum Gasteiger partial charge on any atom is 0.350 e. The van der Waals surface area contributed by atoms with E-state index in [0.29, 0.717) is 16.3 Å². The third kappa shape index (κ3) is 2.88. The lowest BCUT2D eigenvalue weighted by atomic mass is 10.1. The maximum absolute atomic E-state index is 12.6. The highest BCUT2D eigenvalue weighted by molar-refractivity contribution is 6.31. The minimum Gasteiger partial charge on any atom is -0.492 e. The predicted octanol–water partition coefficient (Wildman–Crippen LogP) is 3.08. The van der Waals surface area contributed by atoms with Crippen LogP contribution in [0.25, 0.3) is 22.2 Å². The molecule has 8 heteroatoms. The first kappa shape index (κ1) is 17.0. The Morgan fingerprint density at radius 1 is 1.15 bits per heavy atom. The Kier molecular flexibility index (Phi) is 4.01. The van der Waals surface area contributed by atoms with E-state index in [1.807, 2.05) is 6.07 Å². The van der Waals surface area contributed by atoms with Gasteiger partial charge in [-0.05, 0) is 24.3 Å². The van der Waals surface area contributed by atoms with Gasteiger partial charge in [-0.25, -0.2) is 4.79 Å². The van der Waals surface area contributed by atoms with Gasteiger partial charge in [0.15, 0.2) is 0 Å². The summed E-state index contributed by atoms with van der Waals surface area (Å²) >= 11 is 5.96. The van der Waals surface area contributed by atoms with E-state index in [0.717, 1.165) is 15.6 Å². The van der Waals surface area contributed by atoms with Gasteiger partial charge in [-0.2, -0.15) is 4.68 Å². The number of halogens is 1. The lowest BCUT2D eigenvalue weighted by molar-refractivity contribution is 0.100. The number of hydrogen-bond donors (Lipinski definition) is 3. The molecule has 0 spiro atoms. The zero-order valence-corrected chi connectivity index (χ0v) is 15.0. The second-order valence-electron chi connectivity index (χ2n) is 6.07. The summed E-state index contributed by atoms with van der Waals surface area (Å²) in [6.07, 6.45) is 0. The topological polar surface area (TPSA) is 92.0 Å². The highest BCUT2D eigenvalue weighted by Gasteiger charge is 2.21. The van der Waals surface area contributed by atoms with Crippen molar-refractivity contribution >= 4 is 28.4 Å². The van der Waals surface area contributed by atoms with Crippen molar-refractivity contribution in [1.29, 1.82) is 0 Å². The van der Waals surface area contributed by atoms with Crippen LogP contribution in [0.3, 0.4) is 0 Å². The van der Waals surface area contributed by atoms with Gasteiger partial charge in [0, 0.05) is 28.5 Å². The van der Waals surface area contributed by atoms with Crippen LogP contribution in [0.1, 0.15) is 10.5 Å². The normalized spacial score (nSPS) is 11.0. The van der Waals surface area contributed by atoms with Crippen LogP contribution >= 0.6 is 11.6 Å². The van der Waals surface area contributed by atoms with Gasteiger partial charge in [-0.3, -0.25) is 14.8 Å². The Morgan fingerprint density at radius 3 is 2.63 bits per heavy atom. The van der Waals surface area contributed by atoms with Gasteiger partial charge in [0.1, 0.15) is 11.4 Å². The maximum atomic E-state index is 12.6. The summed E-state index contributed by atoms with van der Waals surface area (Å²) in [4.78, 5) is 28.0. The minimum atomic E-state index is -0.571. The van der Waals surface area contributed by atoms with E-state index in [1.165, 1.54) is 11.6 Å². The first-order valence-corrected chi connectivity index (χ1v) is 8.49. The first-order valence-electron chi connectivity index (χ1n) is 8.11. The standard InChI is InChI=1S/C19H15ClN4O3/c1-23-16(11-5-3-2-4-6-11)18(26)24(19(23)27)22-17(25)15-10-12-9-13(20)7-8-14(12)21-15/h2-10,21,26H,1H3,(H,22,25). The van der Waals surface area contributed by atoms with Crippen molar-refractivity contribution in [1.82, 2.24) is 14.2 Å². The highest BCUT2D eigenvalue weighted by atomic mass is 35.5.